The topological polar surface area (TPSA) is 65.2 Å². The van der Waals surface area contributed by atoms with Gasteiger partial charge in [-0.25, -0.2) is 0 Å². The minimum atomic E-state index is 0.135. The molecule has 2 rings (SSSR count). The standard InChI is InChI=1S/C12H11BrN2O3/c1-2-10-14-11(18-15-10)7-17-12-8(6-16)4-3-5-9(12)13/h3-6H,2,7H2,1H3. The maximum Gasteiger partial charge on any atom is 0.264 e. The van der Waals surface area contributed by atoms with Gasteiger partial charge in [0, 0.05) is 6.42 Å². The van der Waals surface area contributed by atoms with Gasteiger partial charge in [-0.1, -0.05) is 18.1 Å². The maximum absolute atomic E-state index is 10.9. The number of rotatable bonds is 5. The van der Waals surface area contributed by atoms with Gasteiger partial charge in [-0.3, -0.25) is 4.79 Å². The number of para-hydroxylation sites is 1. The minimum Gasteiger partial charge on any atom is -0.482 e. The summed E-state index contributed by atoms with van der Waals surface area (Å²) in [5.74, 6) is 1.50. The molecule has 0 aliphatic rings. The van der Waals surface area contributed by atoms with Gasteiger partial charge in [-0.2, -0.15) is 4.98 Å². The lowest BCUT2D eigenvalue weighted by Gasteiger charge is -2.07. The Morgan fingerprint density at radius 1 is 1.50 bits per heavy atom. The van der Waals surface area contributed by atoms with Crippen LogP contribution in [0.2, 0.25) is 0 Å². The van der Waals surface area contributed by atoms with Crippen LogP contribution in [0.3, 0.4) is 0 Å². The Kier molecular flexibility index (Phi) is 4.09. The Morgan fingerprint density at radius 2 is 2.33 bits per heavy atom. The number of carbonyl (C=O) groups is 1. The monoisotopic (exact) mass is 310 g/mol. The first-order valence-corrected chi connectivity index (χ1v) is 6.21. The lowest BCUT2D eigenvalue weighted by atomic mass is 10.2. The summed E-state index contributed by atoms with van der Waals surface area (Å²) < 4.78 is 11.2. The molecule has 1 heterocycles. The molecule has 0 saturated heterocycles. The molecule has 94 valence electrons. The van der Waals surface area contributed by atoms with Crippen molar-refractivity contribution in [3.63, 3.8) is 0 Å². The number of benzene rings is 1. The first-order chi connectivity index (χ1) is 8.74. The minimum absolute atomic E-state index is 0.135. The molecule has 0 N–H and O–H groups in total. The highest BCUT2D eigenvalue weighted by molar-refractivity contribution is 9.10. The van der Waals surface area contributed by atoms with Gasteiger partial charge in [0.2, 0.25) is 0 Å². The van der Waals surface area contributed by atoms with Crippen LogP contribution in [0.1, 0.15) is 29.0 Å². The SMILES string of the molecule is CCc1noc(COc2c(Br)cccc2C=O)n1. The van der Waals surface area contributed by atoms with E-state index in [0.717, 1.165) is 6.29 Å². The van der Waals surface area contributed by atoms with E-state index < -0.39 is 0 Å². The Bertz CT molecular complexity index is 554. The van der Waals surface area contributed by atoms with Gasteiger partial charge in [-0.05, 0) is 28.1 Å². The van der Waals surface area contributed by atoms with E-state index in [1.54, 1.807) is 18.2 Å². The van der Waals surface area contributed by atoms with Crippen LogP contribution in [0.25, 0.3) is 0 Å². The average molecular weight is 311 g/mol. The highest BCUT2D eigenvalue weighted by Gasteiger charge is 2.10. The van der Waals surface area contributed by atoms with Crippen molar-refractivity contribution in [1.82, 2.24) is 10.1 Å². The van der Waals surface area contributed by atoms with Crippen molar-refractivity contribution in [3.8, 4) is 5.75 Å². The van der Waals surface area contributed by atoms with Crippen LogP contribution in [0.4, 0.5) is 0 Å². The van der Waals surface area contributed by atoms with Crippen LogP contribution in [-0.2, 0) is 13.0 Å². The zero-order chi connectivity index (χ0) is 13.0. The second kappa shape index (κ2) is 5.77. The van der Waals surface area contributed by atoms with Gasteiger partial charge < -0.3 is 9.26 Å². The zero-order valence-electron chi connectivity index (χ0n) is 9.72. The number of aryl methyl sites for hydroxylation is 1. The molecule has 0 atom stereocenters. The molecule has 2 aromatic rings. The van der Waals surface area contributed by atoms with Gasteiger partial charge in [0.1, 0.15) is 5.75 Å². The van der Waals surface area contributed by atoms with Crippen molar-refractivity contribution in [3.05, 3.63) is 40.0 Å². The van der Waals surface area contributed by atoms with Crippen LogP contribution < -0.4 is 4.74 Å². The Hall–Kier alpha value is -1.69. The normalized spacial score (nSPS) is 10.3. The third-order valence-electron chi connectivity index (χ3n) is 2.29. The zero-order valence-corrected chi connectivity index (χ0v) is 11.3. The van der Waals surface area contributed by atoms with Crippen molar-refractivity contribution in [2.75, 3.05) is 0 Å². The smallest absolute Gasteiger partial charge is 0.264 e. The summed E-state index contributed by atoms with van der Waals surface area (Å²) in [4.78, 5) is 15.0. The quantitative estimate of drug-likeness (QED) is 0.794. The lowest BCUT2D eigenvalue weighted by Crippen LogP contribution is -1.99. The van der Waals surface area contributed by atoms with E-state index in [1.165, 1.54) is 0 Å². The van der Waals surface area contributed by atoms with Crippen LogP contribution in [0, 0.1) is 0 Å². The number of hydrogen-bond donors (Lipinski definition) is 0. The predicted molar refractivity (Wildman–Crippen MR) is 67.5 cm³/mol. The van der Waals surface area contributed by atoms with Gasteiger partial charge in [-0.15, -0.1) is 0 Å². The molecule has 1 aromatic carbocycles. The molecule has 0 amide bonds. The number of hydrogen-bond acceptors (Lipinski definition) is 5. The van der Waals surface area contributed by atoms with Crippen molar-refractivity contribution in [2.45, 2.75) is 20.0 Å². The van der Waals surface area contributed by atoms with E-state index in [-0.39, 0.29) is 6.61 Å². The summed E-state index contributed by atoms with van der Waals surface area (Å²) in [7, 11) is 0. The number of halogens is 1. The second-order valence-corrected chi connectivity index (χ2v) is 4.38. The molecule has 6 heteroatoms. The number of nitrogens with zero attached hydrogens (tertiary/aromatic N) is 2. The fraction of sp³-hybridized carbons (Fsp3) is 0.250. The molecule has 0 bridgehead atoms. The number of carbonyl (C=O) groups excluding carboxylic acids is 1. The van der Waals surface area contributed by atoms with E-state index in [2.05, 4.69) is 26.1 Å². The van der Waals surface area contributed by atoms with Crippen LogP contribution in [0.5, 0.6) is 5.75 Å². The summed E-state index contributed by atoms with van der Waals surface area (Å²) in [6.45, 7) is 2.07. The molecule has 18 heavy (non-hydrogen) atoms. The highest BCUT2D eigenvalue weighted by Crippen LogP contribution is 2.28. The summed E-state index contributed by atoms with van der Waals surface area (Å²) in [6, 6.07) is 5.24. The van der Waals surface area contributed by atoms with E-state index in [9.17, 15) is 4.79 Å². The van der Waals surface area contributed by atoms with Gasteiger partial charge in [0.15, 0.2) is 18.7 Å². The number of aldehydes is 1. The molecule has 0 spiro atoms. The Labute approximate surface area is 112 Å². The van der Waals surface area contributed by atoms with Gasteiger partial charge >= 0.3 is 0 Å². The molecule has 0 radical (unpaired) electrons. The van der Waals surface area contributed by atoms with E-state index in [0.29, 0.717) is 33.9 Å². The van der Waals surface area contributed by atoms with E-state index >= 15 is 0 Å². The molecule has 0 aliphatic heterocycles. The van der Waals surface area contributed by atoms with E-state index in [1.807, 2.05) is 6.92 Å². The fourth-order valence-corrected chi connectivity index (χ4v) is 1.89. The molecule has 0 aliphatic carbocycles. The van der Waals surface area contributed by atoms with Crippen LogP contribution >= 0.6 is 15.9 Å². The average Bonchev–Trinajstić information content (AvgIpc) is 2.85. The number of aromatic nitrogens is 2. The first-order valence-electron chi connectivity index (χ1n) is 5.42. The fourth-order valence-electron chi connectivity index (χ4n) is 1.40. The molecular formula is C12H11BrN2O3. The third-order valence-corrected chi connectivity index (χ3v) is 2.92. The van der Waals surface area contributed by atoms with Crippen molar-refractivity contribution in [1.29, 1.82) is 0 Å². The predicted octanol–water partition coefficient (Wildman–Crippen LogP) is 2.79. The van der Waals surface area contributed by atoms with Crippen molar-refractivity contribution in [2.24, 2.45) is 0 Å². The summed E-state index contributed by atoms with van der Waals surface area (Å²) in [6.07, 6.45) is 1.45. The van der Waals surface area contributed by atoms with E-state index in [4.69, 9.17) is 9.26 Å². The van der Waals surface area contributed by atoms with Crippen molar-refractivity contribution >= 4 is 22.2 Å². The largest absolute Gasteiger partial charge is 0.482 e. The summed E-state index contributed by atoms with van der Waals surface area (Å²) in [5.41, 5.74) is 0.472. The summed E-state index contributed by atoms with van der Waals surface area (Å²) >= 11 is 3.33. The first kappa shape index (κ1) is 12.8. The second-order valence-electron chi connectivity index (χ2n) is 3.52. The molecule has 0 unspecified atom stereocenters. The third kappa shape index (κ3) is 2.76. The van der Waals surface area contributed by atoms with Gasteiger partial charge in [0.25, 0.3) is 5.89 Å². The highest BCUT2D eigenvalue weighted by atomic mass is 79.9. The van der Waals surface area contributed by atoms with Crippen molar-refractivity contribution < 1.29 is 14.1 Å². The Balaban J connectivity index is 2.12. The van der Waals surface area contributed by atoms with Gasteiger partial charge in [0.05, 0.1) is 10.0 Å². The Morgan fingerprint density at radius 3 is 3.00 bits per heavy atom. The molecular weight excluding hydrogens is 300 g/mol. The molecule has 0 saturated carbocycles. The van der Waals surface area contributed by atoms with Crippen LogP contribution in [-0.4, -0.2) is 16.4 Å². The van der Waals surface area contributed by atoms with Crippen LogP contribution in [0.15, 0.2) is 27.2 Å². The summed E-state index contributed by atoms with van der Waals surface area (Å²) in [5, 5.41) is 3.76. The number of ether oxygens (including phenoxy) is 1. The molecule has 0 fully saturated rings. The molecule has 5 nitrogen and oxygen atoms in total. The maximum atomic E-state index is 10.9. The molecule has 1 aromatic heterocycles. The lowest BCUT2D eigenvalue weighted by molar-refractivity contribution is 0.111.